The van der Waals surface area contributed by atoms with Gasteiger partial charge in [0.25, 0.3) is 0 Å². The zero-order valence-corrected chi connectivity index (χ0v) is 21.6. The van der Waals surface area contributed by atoms with Gasteiger partial charge in [0.1, 0.15) is 12.0 Å². The third-order valence-electron chi connectivity index (χ3n) is 8.58. The molecule has 0 amide bonds. The van der Waals surface area contributed by atoms with Crippen LogP contribution in [0.5, 0.6) is 0 Å². The first kappa shape index (κ1) is 23.9. The molecule has 188 valence electrons. The van der Waals surface area contributed by atoms with E-state index in [0.717, 1.165) is 64.5 Å². The quantitative estimate of drug-likeness (QED) is 0.294. The standard InChI is InChI=1S/C33H34N2O2/c1-3-21-19-30(35-20-22(21)4-2)32(28-17-18-34-29-16-10-9-13-25(28)29)37-33(36)31-26-14-7-5-11-23(26)24-12-6-8-15-27(24)31/h5-18,21-22,30-32,35H,3-4,19-20H2,1-2H3/t21-,22-,30+,32?/m0/s1. The highest BCUT2D eigenvalue weighted by molar-refractivity contribution is 5.94. The van der Waals surface area contributed by atoms with Crippen molar-refractivity contribution in [2.45, 2.75) is 51.2 Å². The Labute approximate surface area is 219 Å². The van der Waals surface area contributed by atoms with Crippen LogP contribution in [-0.2, 0) is 9.53 Å². The van der Waals surface area contributed by atoms with E-state index in [2.05, 4.69) is 54.5 Å². The van der Waals surface area contributed by atoms with E-state index < -0.39 is 12.0 Å². The van der Waals surface area contributed by atoms with Gasteiger partial charge in [-0.2, -0.15) is 0 Å². The van der Waals surface area contributed by atoms with Crippen LogP contribution >= 0.6 is 0 Å². The number of carbonyl (C=O) groups excluding carboxylic acids is 1. The molecule has 1 N–H and O–H groups in total. The van der Waals surface area contributed by atoms with Crippen LogP contribution in [0.2, 0.25) is 0 Å². The molecule has 2 aliphatic rings. The first-order valence-electron chi connectivity index (χ1n) is 13.6. The number of carbonyl (C=O) groups is 1. The second-order valence-corrected chi connectivity index (χ2v) is 10.5. The number of rotatable bonds is 6. The third kappa shape index (κ3) is 4.23. The summed E-state index contributed by atoms with van der Waals surface area (Å²) in [7, 11) is 0. The second kappa shape index (κ2) is 10.1. The summed E-state index contributed by atoms with van der Waals surface area (Å²) in [5.41, 5.74) is 6.26. The molecule has 3 aromatic carbocycles. The Bertz CT molecular complexity index is 1380. The first-order chi connectivity index (χ1) is 18.2. The van der Waals surface area contributed by atoms with E-state index in [9.17, 15) is 4.79 Å². The third-order valence-corrected chi connectivity index (χ3v) is 8.58. The van der Waals surface area contributed by atoms with E-state index in [1.807, 2.05) is 54.7 Å². The average molecular weight is 491 g/mol. The van der Waals surface area contributed by atoms with E-state index in [4.69, 9.17) is 4.74 Å². The van der Waals surface area contributed by atoms with Gasteiger partial charge in [0.2, 0.25) is 0 Å². The molecule has 1 fully saturated rings. The Hall–Kier alpha value is -3.50. The van der Waals surface area contributed by atoms with Crippen LogP contribution in [0.15, 0.2) is 85.1 Å². The number of nitrogens with zero attached hydrogens (tertiary/aromatic N) is 1. The van der Waals surface area contributed by atoms with Gasteiger partial charge in [0.05, 0.1) is 5.52 Å². The van der Waals surface area contributed by atoms with Crippen LogP contribution in [0.1, 0.15) is 61.8 Å². The summed E-state index contributed by atoms with van der Waals surface area (Å²) in [4.78, 5) is 18.7. The summed E-state index contributed by atoms with van der Waals surface area (Å²) in [6.07, 6.45) is 4.73. The van der Waals surface area contributed by atoms with Gasteiger partial charge >= 0.3 is 5.97 Å². The number of pyridine rings is 1. The summed E-state index contributed by atoms with van der Waals surface area (Å²) in [5.74, 6) is 0.659. The summed E-state index contributed by atoms with van der Waals surface area (Å²) < 4.78 is 6.61. The van der Waals surface area contributed by atoms with E-state index in [-0.39, 0.29) is 12.0 Å². The van der Waals surface area contributed by atoms with Crippen molar-refractivity contribution in [2.24, 2.45) is 11.8 Å². The molecule has 1 aliphatic carbocycles. The molecule has 0 saturated carbocycles. The van der Waals surface area contributed by atoms with Gasteiger partial charge in [-0.1, -0.05) is 93.4 Å². The van der Waals surface area contributed by atoms with Crippen LogP contribution in [-0.4, -0.2) is 23.5 Å². The number of ether oxygens (including phenoxy) is 1. The number of fused-ring (bicyclic) bond motifs is 4. The molecule has 0 bridgehead atoms. The fraction of sp³-hybridized carbons (Fsp3) is 0.333. The summed E-state index contributed by atoms with van der Waals surface area (Å²) in [6.45, 7) is 5.51. The number of benzene rings is 3. The number of para-hydroxylation sites is 1. The largest absolute Gasteiger partial charge is 0.455 e. The minimum Gasteiger partial charge on any atom is -0.455 e. The molecule has 1 saturated heterocycles. The fourth-order valence-electron chi connectivity index (χ4n) is 6.61. The number of aromatic nitrogens is 1. The van der Waals surface area contributed by atoms with Crippen LogP contribution < -0.4 is 5.32 Å². The first-order valence-corrected chi connectivity index (χ1v) is 13.6. The van der Waals surface area contributed by atoms with Crippen molar-refractivity contribution in [3.63, 3.8) is 0 Å². The maximum absolute atomic E-state index is 14.1. The Morgan fingerprint density at radius 2 is 1.54 bits per heavy atom. The van der Waals surface area contributed by atoms with Gasteiger partial charge in [0.15, 0.2) is 0 Å². The van der Waals surface area contributed by atoms with E-state index >= 15 is 0 Å². The molecule has 2 heterocycles. The Balaban J connectivity index is 1.40. The summed E-state index contributed by atoms with van der Waals surface area (Å²) in [6, 6.07) is 26.7. The zero-order chi connectivity index (χ0) is 25.4. The number of nitrogens with one attached hydrogen (secondary N) is 1. The molecule has 6 rings (SSSR count). The van der Waals surface area contributed by atoms with Crippen molar-refractivity contribution >= 4 is 16.9 Å². The van der Waals surface area contributed by atoms with Crippen molar-refractivity contribution in [2.75, 3.05) is 6.54 Å². The monoisotopic (exact) mass is 490 g/mol. The van der Waals surface area contributed by atoms with Gasteiger partial charge < -0.3 is 10.1 Å². The van der Waals surface area contributed by atoms with E-state index in [1.54, 1.807) is 0 Å². The smallest absolute Gasteiger partial charge is 0.318 e. The van der Waals surface area contributed by atoms with Crippen molar-refractivity contribution < 1.29 is 9.53 Å². The Morgan fingerprint density at radius 1 is 0.892 bits per heavy atom. The van der Waals surface area contributed by atoms with Gasteiger partial charge in [-0.3, -0.25) is 9.78 Å². The minimum absolute atomic E-state index is 0.0504. The van der Waals surface area contributed by atoms with E-state index in [1.165, 1.54) is 0 Å². The molecule has 37 heavy (non-hydrogen) atoms. The molecule has 1 aliphatic heterocycles. The highest BCUT2D eigenvalue weighted by atomic mass is 16.5. The lowest BCUT2D eigenvalue weighted by molar-refractivity contribution is -0.152. The molecule has 4 nitrogen and oxygen atoms in total. The molecule has 1 unspecified atom stereocenters. The maximum Gasteiger partial charge on any atom is 0.318 e. The van der Waals surface area contributed by atoms with Gasteiger partial charge in [0, 0.05) is 23.2 Å². The van der Waals surface area contributed by atoms with Crippen LogP contribution in [0, 0.1) is 11.8 Å². The molecule has 4 atom stereocenters. The minimum atomic E-state index is -0.419. The SMILES string of the molecule is CC[C@H]1CN[C@@H](C(OC(=O)C2c3ccccc3-c3ccccc32)c2ccnc3ccccc23)C[C@@H]1CC. The zero-order valence-electron chi connectivity index (χ0n) is 21.6. The molecular formula is C33H34N2O2. The highest BCUT2D eigenvalue weighted by Crippen LogP contribution is 2.46. The lowest BCUT2D eigenvalue weighted by Crippen LogP contribution is -2.47. The number of esters is 1. The van der Waals surface area contributed by atoms with Gasteiger partial charge in [-0.15, -0.1) is 0 Å². The van der Waals surface area contributed by atoms with Crippen molar-refractivity contribution in [3.8, 4) is 11.1 Å². The molecule has 4 aromatic rings. The molecule has 0 radical (unpaired) electrons. The normalized spacial score (nSPS) is 21.8. The topological polar surface area (TPSA) is 51.2 Å². The lowest BCUT2D eigenvalue weighted by Gasteiger charge is -2.40. The van der Waals surface area contributed by atoms with Gasteiger partial charge in [-0.05, 0) is 59.2 Å². The Morgan fingerprint density at radius 3 is 2.24 bits per heavy atom. The maximum atomic E-state index is 14.1. The summed E-state index contributed by atoms with van der Waals surface area (Å²) >= 11 is 0. The van der Waals surface area contributed by atoms with E-state index in [0.29, 0.717) is 11.8 Å². The van der Waals surface area contributed by atoms with Gasteiger partial charge in [-0.25, -0.2) is 0 Å². The second-order valence-electron chi connectivity index (χ2n) is 10.5. The van der Waals surface area contributed by atoms with Crippen LogP contribution in [0.25, 0.3) is 22.0 Å². The number of hydrogen-bond donors (Lipinski definition) is 1. The van der Waals surface area contributed by atoms with Crippen LogP contribution in [0.4, 0.5) is 0 Å². The predicted octanol–water partition coefficient (Wildman–Crippen LogP) is 7.05. The predicted molar refractivity (Wildman–Crippen MR) is 148 cm³/mol. The number of hydrogen-bond acceptors (Lipinski definition) is 4. The molecule has 1 aromatic heterocycles. The molecule has 4 heteroatoms. The Kier molecular flexibility index (Phi) is 6.52. The average Bonchev–Trinajstić information content (AvgIpc) is 3.30. The summed E-state index contributed by atoms with van der Waals surface area (Å²) in [5, 5.41) is 4.83. The number of piperidine rings is 1. The van der Waals surface area contributed by atoms with Crippen LogP contribution in [0.3, 0.4) is 0 Å². The molecular weight excluding hydrogens is 456 g/mol. The lowest BCUT2D eigenvalue weighted by atomic mass is 9.77. The highest BCUT2D eigenvalue weighted by Gasteiger charge is 2.40. The molecule has 0 spiro atoms. The van der Waals surface area contributed by atoms with Crippen molar-refractivity contribution in [3.05, 3.63) is 102 Å². The van der Waals surface area contributed by atoms with Crippen molar-refractivity contribution in [1.82, 2.24) is 10.3 Å². The fourth-order valence-corrected chi connectivity index (χ4v) is 6.61. The van der Waals surface area contributed by atoms with Crippen molar-refractivity contribution in [1.29, 1.82) is 0 Å².